The van der Waals surface area contributed by atoms with E-state index in [1.54, 1.807) is 0 Å². The Bertz CT molecular complexity index is 670. The minimum absolute atomic E-state index is 0.0303. The van der Waals surface area contributed by atoms with Gasteiger partial charge in [-0.3, -0.25) is 14.5 Å². The summed E-state index contributed by atoms with van der Waals surface area (Å²) in [6.07, 6.45) is 4.15. The van der Waals surface area contributed by atoms with Crippen molar-refractivity contribution in [3.05, 3.63) is 35.4 Å². The summed E-state index contributed by atoms with van der Waals surface area (Å²) >= 11 is 0. The number of carbonyl (C=O) groups excluding carboxylic acids is 2. The third-order valence-corrected chi connectivity index (χ3v) is 6.25. The maximum Gasteiger partial charge on any atom is 0.253 e. The van der Waals surface area contributed by atoms with E-state index in [4.69, 9.17) is 0 Å². The van der Waals surface area contributed by atoms with Crippen LogP contribution < -0.4 is 5.32 Å². The summed E-state index contributed by atoms with van der Waals surface area (Å²) in [4.78, 5) is 32.1. The summed E-state index contributed by atoms with van der Waals surface area (Å²) in [5.41, 5.74) is 1.85. The Kier molecular flexibility index (Phi) is 8.07. The van der Waals surface area contributed by atoms with Crippen molar-refractivity contribution >= 4 is 11.8 Å². The van der Waals surface area contributed by atoms with Crippen molar-refractivity contribution in [2.75, 3.05) is 52.4 Å². The molecule has 1 aromatic rings. The smallest absolute Gasteiger partial charge is 0.253 e. The number of hydrogen-bond donors (Lipinski definition) is 1. The van der Waals surface area contributed by atoms with E-state index in [1.165, 1.54) is 19.3 Å². The minimum Gasteiger partial charge on any atom is -0.340 e. The number of nitrogens with zero attached hydrogens (tertiary/aromatic N) is 3. The normalized spacial score (nSPS) is 20.5. The number of hydrogen-bond acceptors (Lipinski definition) is 4. The van der Waals surface area contributed by atoms with Crippen LogP contribution in [0.25, 0.3) is 0 Å². The lowest BCUT2D eigenvalue weighted by Crippen LogP contribution is -2.48. The van der Waals surface area contributed by atoms with Crippen molar-refractivity contribution in [2.45, 2.75) is 45.6 Å². The Labute approximate surface area is 175 Å². The molecule has 6 nitrogen and oxygen atoms in total. The van der Waals surface area contributed by atoms with Crippen molar-refractivity contribution in [3.63, 3.8) is 0 Å². The van der Waals surface area contributed by atoms with Gasteiger partial charge in [0.05, 0.1) is 0 Å². The quantitative estimate of drug-likeness (QED) is 0.762. The van der Waals surface area contributed by atoms with Gasteiger partial charge in [0.25, 0.3) is 5.91 Å². The standard InChI is InChI=1S/C23H36N4O2/c1-19-6-8-21(9-7-19)23(29)27(18-17-25-13-4-3-5-20(25)2)14-10-22(28)26-15-11-24-12-16-26/h6-9,20,24H,3-5,10-18H2,1-2H3. The Morgan fingerprint density at radius 1 is 1.07 bits per heavy atom. The molecule has 1 unspecified atom stereocenters. The molecule has 2 fully saturated rings. The second kappa shape index (κ2) is 10.7. The summed E-state index contributed by atoms with van der Waals surface area (Å²) in [5, 5.41) is 3.28. The molecule has 2 saturated heterocycles. The molecule has 0 aromatic heterocycles. The molecule has 2 aliphatic rings. The molecule has 2 aliphatic heterocycles. The largest absolute Gasteiger partial charge is 0.340 e. The highest BCUT2D eigenvalue weighted by atomic mass is 16.2. The lowest BCUT2D eigenvalue weighted by Gasteiger charge is -2.35. The number of carbonyl (C=O) groups is 2. The number of rotatable bonds is 7. The highest BCUT2D eigenvalue weighted by Gasteiger charge is 2.23. The highest BCUT2D eigenvalue weighted by Crippen LogP contribution is 2.16. The molecule has 3 rings (SSSR count). The van der Waals surface area contributed by atoms with Crippen molar-refractivity contribution in [1.82, 2.24) is 20.0 Å². The molecule has 1 atom stereocenters. The predicted molar refractivity (Wildman–Crippen MR) is 116 cm³/mol. The van der Waals surface area contributed by atoms with Crippen LogP contribution in [0.2, 0.25) is 0 Å². The molecule has 6 heteroatoms. The third kappa shape index (κ3) is 6.28. The molecule has 1 aromatic carbocycles. The highest BCUT2D eigenvalue weighted by molar-refractivity contribution is 5.94. The van der Waals surface area contributed by atoms with Gasteiger partial charge >= 0.3 is 0 Å². The maximum atomic E-state index is 13.2. The van der Waals surface area contributed by atoms with Crippen LogP contribution in [-0.2, 0) is 4.79 Å². The maximum absolute atomic E-state index is 13.2. The average molecular weight is 401 g/mol. The van der Waals surface area contributed by atoms with Gasteiger partial charge in [-0.2, -0.15) is 0 Å². The van der Waals surface area contributed by atoms with Gasteiger partial charge in [0, 0.05) is 63.8 Å². The zero-order chi connectivity index (χ0) is 20.6. The van der Waals surface area contributed by atoms with E-state index < -0.39 is 0 Å². The molecule has 0 bridgehead atoms. The fraction of sp³-hybridized carbons (Fsp3) is 0.652. The second-order valence-electron chi connectivity index (χ2n) is 8.42. The Morgan fingerprint density at radius 2 is 1.79 bits per heavy atom. The number of benzene rings is 1. The lowest BCUT2D eigenvalue weighted by atomic mass is 10.0. The molecule has 0 saturated carbocycles. The molecule has 0 spiro atoms. The Balaban J connectivity index is 1.62. The Morgan fingerprint density at radius 3 is 2.48 bits per heavy atom. The number of amides is 2. The van der Waals surface area contributed by atoms with Crippen LogP contribution in [0.1, 0.15) is 48.5 Å². The molecule has 2 amide bonds. The van der Waals surface area contributed by atoms with Crippen LogP contribution in [0.4, 0.5) is 0 Å². The fourth-order valence-corrected chi connectivity index (χ4v) is 4.24. The van der Waals surface area contributed by atoms with Crippen LogP contribution >= 0.6 is 0 Å². The van der Waals surface area contributed by atoms with Crippen LogP contribution in [0.15, 0.2) is 24.3 Å². The summed E-state index contributed by atoms with van der Waals surface area (Å²) < 4.78 is 0. The first-order valence-electron chi connectivity index (χ1n) is 11.1. The molecule has 0 radical (unpaired) electrons. The second-order valence-corrected chi connectivity index (χ2v) is 8.42. The van der Waals surface area contributed by atoms with Gasteiger partial charge in [-0.15, -0.1) is 0 Å². The van der Waals surface area contributed by atoms with E-state index in [0.29, 0.717) is 31.1 Å². The summed E-state index contributed by atoms with van der Waals surface area (Å²) in [6.45, 7) is 10.7. The van der Waals surface area contributed by atoms with Crippen LogP contribution in [-0.4, -0.2) is 84.9 Å². The van der Waals surface area contributed by atoms with Gasteiger partial charge in [-0.1, -0.05) is 24.1 Å². The first-order chi connectivity index (χ1) is 14.0. The number of aryl methyl sites for hydroxylation is 1. The van der Waals surface area contributed by atoms with Crippen LogP contribution in [0.3, 0.4) is 0 Å². The van der Waals surface area contributed by atoms with E-state index in [9.17, 15) is 9.59 Å². The number of piperidine rings is 1. The zero-order valence-electron chi connectivity index (χ0n) is 18.0. The third-order valence-electron chi connectivity index (χ3n) is 6.25. The van der Waals surface area contributed by atoms with Crippen molar-refractivity contribution < 1.29 is 9.59 Å². The summed E-state index contributed by atoms with van der Waals surface area (Å²) in [6, 6.07) is 8.31. The van der Waals surface area contributed by atoms with E-state index in [-0.39, 0.29) is 11.8 Å². The van der Waals surface area contributed by atoms with Gasteiger partial charge in [0.1, 0.15) is 0 Å². The van der Waals surface area contributed by atoms with E-state index in [1.807, 2.05) is 41.0 Å². The van der Waals surface area contributed by atoms with E-state index in [2.05, 4.69) is 17.1 Å². The zero-order valence-corrected chi connectivity index (χ0v) is 18.0. The van der Waals surface area contributed by atoms with Gasteiger partial charge < -0.3 is 15.1 Å². The van der Waals surface area contributed by atoms with Crippen molar-refractivity contribution in [1.29, 1.82) is 0 Å². The predicted octanol–water partition coefficient (Wildman–Crippen LogP) is 2.13. The van der Waals surface area contributed by atoms with Crippen molar-refractivity contribution in [2.24, 2.45) is 0 Å². The van der Waals surface area contributed by atoms with Gasteiger partial charge in [0.15, 0.2) is 0 Å². The van der Waals surface area contributed by atoms with Gasteiger partial charge in [-0.05, 0) is 45.4 Å². The number of likely N-dealkylation sites (tertiary alicyclic amines) is 1. The van der Waals surface area contributed by atoms with Gasteiger partial charge in [-0.25, -0.2) is 0 Å². The average Bonchev–Trinajstić information content (AvgIpc) is 2.75. The number of nitrogens with one attached hydrogen (secondary N) is 1. The first kappa shape index (κ1) is 21.8. The molecular formula is C23H36N4O2. The molecule has 29 heavy (non-hydrogen) atoms. The van der Waals surface area contributed by atoms with Crippen molar-refractivity contribution in [3.8, 4) is 0 Å². The molecule has 0 aliphatic carbocycles. The molecule has 1 N–H and O–H groups in total. The summed E-state index contributed by atoms with van der Waals surface area (Å²) in [5.74, 6) is 0.183. The summed E-state index contributed by atoms with van der Waals surface area (Å²) in [7, 11) is 0. The fourth-order valence-electron chi connectivity index (χ4n) is 4.24. The molecular weight excluding hydrogens is 364 g/mol. The topological polar surface area (TPSA) is 55.9 Å². The van der Waals surface area contributed by atoms with Gasteiger partial charge in [0.2, 0.25) is 5.91 Å². The first-order valence-corrected chi connectivity index (χ1v) is 11.1. The Hall–Kier alpha value is -1.92. The molecule has 2 heterocycles. The van der Waals surface area contributed by atoms with E-state index >= 15 is 0 Å². The minimum atomic E-state index is 0.0303. The van der Waals surface area contributed by atoms with Crippen LogP contribution in [0.5, 0.6) is 0 Å². The SMILES string of the molecule is Cc1ccc(C(=O)N(CCC(=O)N2CCNCC2)CCN2CCCCC2C)cc1. The molecule has 160 valence electrons. The number of piperazine rings is 1. The van der Waals surface area contributed by atoms with E-state index in [0.717, 1.165) is 44.8 Å². The van der Waals surface area contributed by atoms with Crippen LogP contribution in [0, 0.1) is 6.92 Å². The monoisotopic (exact) mass is 400 g/mol. The lowest BCUT2D eigenvalue weighted by molar-refractivity contribution is -0.131.